The average molecular weight is 345 g/mol. The number of nitrogens with zero attached hydrogens (tertiary/aromatic N) is 1. The SMILES string of the molecule is COc1cc(Cl)ccc1C(=O)NS(=O)(=O)c1c(C)noc1C. The molecule has 0 radical (unpaired) electrons. The van der Waals surface area contributed by atoms with E-state index in [0.29, 0.717) is 5.02 Å². The normalized spacial score (nSPS) is 11.3. The number of halogens is 1. The number of methoxy groups -OCH3 is 1. The zero-order chi connectivity index (χ0) is 16.5. The summed E-state index contributed by atoms with van der Waals surface area (Å²) < 4.78 is 36.4. The van der Waals surface area contributed by atoms with Gasteiger partial charge in [-0.25, -0.2) is 13.1 Å². The van der Waals surface area contributed by atoms with Gasteiger partial charge in [0, 0.05) is 5.02 Å². The molecule has 9 heteroatoms. The van der Waals surface area contributed by atoms with Gasteiger partial charge in [-0.3, -0.25) is 4.79 Å². The Morgan fingerprint density at radius 2 is 2.05 bits per heavy atom. The predicted molar refractivity (Wildman–Crippen MR) is 78.6 cm³/mol. The van der Waals surface area contributed by atoms with E-state index in [1.54, 1.807) is 0 Å². The number of sulfonamides is 1. The van der Waals surface area contributed by atoms with E-state index < -0.39 is 15.9 Å². The molecule has 0 fully saturated rings. The molecule has 0 saturated heterocycles. The lowest BCUT2D eigenvalue weighted by molar-refractivity contribution is 0.0978. The lowest BCUT2D eigenvalue weighted by Crippen LogP contribution is -2.31. The summed E-state index contributed by atoms with van der Waals surface area (Å²) in [6, 6.07) is 4.25. The highest BCUT2D eigenvalue weighted by atomic mass is 35.5. The van der Waals surface area contributed by atoms with Gasteiger partial charge in [0.25, 0.3) is 15.9 Å². The molecule has 1 N–H and O–H groups in total. The summed E-state index contributed by atoms with van der Waals surface area (Å²) in [5.41, 5.74) is 0.211. The number of carbonyl (C=O) groups excluding carboxylic acids is 1. The zero-order valence-corrected chi connectivity index (χ0v) is 13.6. The molecule has 0 bridgehead atoms. The van der Waals surface area contributed by atoms with E-state index in [9.17, 15) is 13.2 Å². The van der Waals surface area contributed by atoms with Crippen molar-refractivity contribution < 1.29 is 22.5 Å². The summed E-state index contributed by atoms with van der Waals surface area (Å²) in [4.78, 5) is 12.0. The van der Waals surface area contributed by atoms with Crippen molar-refractivity contribution in [3.05, 3.63) is 40.2 Å². The second-order valence-corrected chi connectivity index (χ2v) is 6.49. The molecular formula is C13H13ClN2O5S. The van der Waals surface area contributed by atoms with Crippen LogP contribution in [0, 0.1) is 13.8 Å². The van der Waals surface area contributed by atoms with Crippen molar-refractivity contribution in [2.75, 3.05) is 7.11 Å². The molecule has 118 valence electrons. The summed E-state index contributed by atoms with van der Waals surface area (Å²) in [5.74, 6) is -0.576. The topological polar surface area (TPSA) is 98.5 Å². The Morgan fingerprint density at radius 1 is 1.36 bits per heavy atom. The summed E-state index contributed by atoms with van der Waals surface area (Å²) in [6.07, 6.45) is 0. The highest BCUT2D eigenvalue weighted by molar-refractivity contribution is 7.90. The van der Waals surface area contributed by atoms with Crippen LogP contribution >= 0.6 is 11.6 Å². The quantitative estimate of drug-likeness (QED) is 0.911. The summed E-state index contributed by atoms with van der Waals surface area (Å²) in [5, 5.41) is 3.92. The maximum atomic E-state index is 12.3. The molecule has 1 heterocycles. The van der Waals surface area contributed by atoms with Crippen LogP contribution in [0.25, 0.3) is 0 Å². The average Bonchev–Trinajstić information content (AvgIpc) is 2.77. The standard InChI is InChI=1S/C13H13ClN2O5S/c1-7-12(8(2)21-15-7)22(18,19)16-13(17)10-5-4-9(14)6-11(10)20-3/h4-6H,1-3H3,(H,16,17). The van der Waals surface area contributed by atoms with Gasteiger partial charge in [-0.2, -0.15) is 0 Å². The number of ether oxygens (including phenoxy) is 1. The van der Waals surface area contributed by atoms with E-state index in [0.717, 1.165) is 0 Å². The third-order valence-electron chi connectivity index (χ3n) is 2.87. The highest BCUT2D eigenvalue weighted by Crippen LogP contribution is 2.24. The molecule has 2 rings (SSSR count). The molecule has 1 amide bonds. The first-order chi connectivity index (χ1) is 10.3. The Kier molecular flexibility index (Phi) is 4.43. The van der Waals surface area contributed by atoms with Crippen molar-refractivity contribution in [2.45, 2.75) is 18.7 Å². The Hall–Kier alpha value is -2.06. The predicted octanol–water partition coefficient (Wildman–Crippen LogP) is 2.07. The van der Waals surface area contributed by atoms with Crippen molar-refractivity contribution in [3.63, 3.8) is 0 Å². The molecule has 1 aromatic heterocycles. The number of nitrogens with one attached hydrogen (secondary N) is 1. The number of hydrogen-bond donors (Lipinski definition) is 1. The highest BCUT2D eigenvalue weighted by Gasteiger charge is 2.27. The van der Waals surface area contributed by atoms with Gasteiger partial charge in [0.05, 0.1) is 12.7 Å². The van der Waals surface area contributed by atoms with Crippen LogP contribution in [0.4, 0.5) is 0 Å². The smallest absolute Gasteiger partial charge is 0.269 e. The lowest BCUT2D eigenvalue weighted by atomic mass is 10.2. The van der Waals surface area contributed by atoms with Crippen LogP contribution in [0.3, 0.4) is 0 Å². The fourth-order valence-corrected chi connectivity index (χ4v) is 3.40. The van der Waals surface area contributed by atoms with Crippen LogP contribution in [-0.4, -0.2) is 26.6 Å². The van der Waals surface area contributed by atoms with Crippen LogP contribution in [0.5, 0.6) is 5.75 Å². The van der Waals surface area contributed by atoms with Crippen LogP contribution in [0.2, 0.25) is 5.02 Å². The molecule has 0 saturated carbocycles. The van der Waals surface area contributed by atoms with Crippen molar-refractivity contribution in [3.8, 4) is 5.75 Å². The number of aryl methyl sites for hydroxylation is 2. The van der Waals surface area contributed by atoms with E-state index in [4.69, 9.17) is 20.9 Å². The van der Waals surface area contributed by atoms with E-state index in [2.05, 4.69) is 5.16 Å². The van der Waals surface area contributed by atoms with Gasteiger partial charge < -0.3 is 9.26 Å². The number of carbonyl (C=O) groups is 1. The number of aromatic nitrogens is 1. The molecule has 0 aliphatic rings. The van der Waals surface area contributed by atoms with Crippen LogP contribution < -0.4 is 9.46 Å². The number of rotatable bonds is 4. The number of hydrogen-bond acceptors (Lipinski definition) is 6. The van der Waals surface area contributed by atoms with Gasteiger partial charge in [0.1, 0.15) is 11.4 Å². The minimum absolute atomic E-state index is 0.0437. The molecule has 0 atom stereocenters. The fraction of sp³-hybridized carbons (Fsp3) is 0.231. The Labute approximate surface area is 132 Å². The first-order valence-corrected chi connectivity index (χ1v) is 7.96. The first kappa shape index (κ1) is 16.3. The van der Waals surface area contributed by atoms with Crippen LogP contribution in [-0.2, 0) is 10.0 Å². The monoisotopic (exact) mass is 344 g/mol. The van der Waals surface area contributed by atoms with Crippen molar-refractivity contribution in [1.29, 1.82) is 0 Å². The van der Waals surface area contributed by atoms with Crippen molar-refractivity contribution >= 4 is 27.5 Å². The minimum atomic E-state index is -4.11. The zero-order valence-electron chi connectivity index (χ0n) is 12.0. The van der Waals surface area contributed by atoms with Gasteiger partial charge in [-0.1, -0.05) is 16.8 Å². The number of benzene rings is 1. The molecule has 2 aromatic rings. The molecular weight excluding hydrogens is 332 g/mol. The van der Waals surface area contributed by atoms with E-state index >= 15 is 0 Å². The fourth-order valence-electron chi connectivity index (χ4n) is 1.94. The van der Waals surface area contributed by atoms with E-state index in [1.165, 1.54) is 39.2 Å². The maximum absolute atomic E-state index is 12.3. The molecule has 1 aromatic carbocycles. The Balaban J connectivity index is 2.37. The molecule has 22 heavy (non-hydrogen) atoms. The minimum Gasteiger partial charge on any atom is -0.496 e. The van der Waals surface area contributed by atoms with Crippen LogP contribution in [0.1, 0.15) is 21.8 Å². The Morgan fingerprint density at radius 3 is 2.59 bits per heavy atom. The number of amides is 1. The molecule has 0 unspecified atom stereocenters. The Bertz CT molecular complexity index is 809. The third kappa shape index (κ3) is 3.07. The van der Waals surface area contributed by atoms with Crippen molar-refractivity contribution in [1.82, 2.24) is 9.88 Å². The van der Waals surface area contributed by atoms with E-state index in [1.807, 2.05) is 4.72 Å². The maximum Gasteiger partial charge on any atom is 0.269 e. The largest absolute Gasteiger partial charge is 0.496 e. The van der Waals surface area contributed by atoms with Gasteiger partial charge in [0.15, 0.2) is 10.7 Å². The third-order valence-corrected chi connectivity index (χ3v) is 4.68. The summed E-state index contributed by atoms with van der Waals surface area (Å²) in [6.45, 7) is 2.92. The van der Waals surface area contributed by atoms with Gasteiger partial charge in [-0.05, 0) is 32.0 Å². The lowest BCUT2D eigenvalue weighted by Gasteiger charge is -2.10. The first-order valence-electron chi connectivity index (χ1n) is 6.10. The molecule has 7 nitrogen and oxygen atoms in total. The van der Waals surface area contributed by atoms with Gasteiger partial charge in [-0.15, -0.1) is 0 Å². The second kappa shape index (κ2) is 5.98. The molecule has 0 aliphatic heterocycles. The van der Waals surface area contributed by atoms with E-state index in [-0.39, 0.29) is 27.7 Å². The van der Waals surface area contributed by atoms with Crippen molar-refractivity contribution in [2.24, 2.45) is 0 Å². The van der Waals surface area contributed by atoms with Gasteiger partial charge >= 0.3 is 0 Å². The summed E-state index contributed by atoms with van der Waals surface area (Å²) in [7, 11) is -2.75. The summed E-state index contributed by atoms with van der Waals surface area (Å²) >= 11 is 5.81. The molecule has 0 spiro atoms. The second-order valence-electron chi connectivity index (χ2n) is 4.43. The van der Waals surface area contributed by atoms with Crippen LogP contribution in [0.15, 0.2) is 27.6 Å². The molecule has 0 aliphatic carbocycles. The van der Waals surface area contributed by atoms with Gasteiger partial charge in [0.2, 0.25) is 0 Å².